The summed E-state index contributed by atoms with van der Waals surface area (Å²) in [6, 6.07) is 0. The van der Waals surface area contributed by atoms with Gasteiger partial charge in [0.1, 0.15) is 0 Å². The molecule has 1 rings (SSSR count). The molecule has 18 heavy (non-hydrogen) atoms. The molecule has 0 atom stereocenters. The molecule has 0 aromatic carbocycles. The molecule has 1 saturated heterocycles. The molecule has 1 aliphatic rings. The van der Waals surface area contributed by atoms with E-state index in [9.17, 15) is 0 Å². The third-order valence-corrected chi connectivity index (χ3v) is 3.39. The first-order valence-electron chi connectivity index (χ1n) is 7.21. The minimum Gasteiger partial charge on any atom is -0.297 e. The predicted octanol–water partition coefficient (Wildman–Crippen LogP) is 4.25. The van der Waals surface area contributed by atoms with Gasteiger partial charge in [-0.1, -0.05) is 21.3 Å². The Morgan fingerprint density at radius 2 is 0.889 bits per heavy atom. The molecule has 2 heteroatoms. The average molecular weight is 258 g/mol. The summed E-state index contributed by atoms with van der Waals surface area (Å²) in [5, 5.41) is 0. The molecule has 0 amide bonds. The third-order valence-electron chi connectivity index (χ3n) is 3.39. The monoisotopic (exact) mass is 258 g/mol. The fraction of sp³-hybridized carbons (Fsp3) is 1.00. The summed E-state index contributed by atoms with van der Waals surface area (Å²) >= 11 is 0. The number of hydrogen-bond acceptors (Lipinski definition) is 2. The zero-order chi connectivity index (χ0) is 13.7. The van der Waals surface area contributed by atoms with Gasteiger partial charge >= 0.3 is 0 Å². The molecule has 0 bridgehead atoms. The second-order valence-electron chi connectivity index (χ2n) is 6.67. The van der Waals surface area contributed by atoms with Crippen LogP contribution in [0.15, 0.2) is 0 Å². The first kappa shape index (κ1) is 20.2. The molecule has 0 aromatic rings. The van der Waals surface area contributed by atoms with Crippen molar-refractivity contribution in [3.05, 3.63) is 0 Å². The molecule has 112 valence electrons. The lowest BCUT2D eigenvalue weighted by atomic mass is 10.1. The highest BCUT2D eigenvalue weighted by molar-refractivity contribution is 4.84. The largest absolute Gasteiger partial charge is 0.297 e. The maximum Gasteiger partial charge on any atom is 0.0125 e. The van der Waals surface area contributed by atoms with E-state index in [1.165, 1.54) is 32.6 Å². The Labute approximate surface area is 117 Å². The van der Waals surface area contributed by atoms with Crippen LogP contribution in [0.2, 0.25) is 0 Å². The fourth-order valence-electron chi connectivity index (χ4n) is 2.26. The first-order valence-corrected chi connectivity index (χ1v) is 7.21. The van der Waals surface area contributed by atoms with Crippen molar-refractivity contribution in [1.82, 2.24) is 9.80 Å². The van der Waals surface area contributed by atoms with E-state index < -0.39 is 0 Å². The van der Waals surface area contributed by atoms with Crippen molar-refractivity contribution in [1.29, 1.82) is 0 Å². The third kappa shape index (κ3) is 6.75. The van der Waals surface area contributed by atoms with Gasteiger partial charge in [0.2, 0.25) is 0 Å². The molecule has 1 aliphatic heterocycles. The number of rotatable bonds is 0. The normalized spacial score (nSPS) is 19.3. The summed E-state index contributed by atoms with van der Waals surface area (Å²) in [5.74, 6) is 0. The van der Waals surface area contributed by atoms with E-state index in [0.717, 1.165) is 0 Å². The van der Waals surface area contributed by atoms with Gasteiger partial charge in [-0.25, -0.2) is 0 Å². The van der Waals surface area contributed by atoms with E-state index in [4.69, 9.17) is 0 Å². The second kappa shape index (κ2) is 8.16. The van der Waals surface area contributed by atoms with Crippen LogP contribution in [0.5, 0.6) is 0 Å². The molecule has 1 heterocycles. The first-order chi connectivity index (χ1) is 7.71. The van der Waals surface area contributed by atoms with Gasteiger partial charge in [-0.05, 0) is 61.1 Å². The van der Waals surface area contributed by atoms with Crippen molar-refractivity contribution < 1.29 is 0 Å². The molecule has 2 nitrogen and oxygen atoms in total. The van der Waals surface area contributed by atoms with Gasteiger partial charge in [-0.3, -0.25) is 9.80 Å². The van der Waals surface area contributed by atoms with Crippen LogP contribution in [0.3, 0.4) is 0 Å². The zero-order valence-corrected chi connectivity index (χ0v) is 13.4. The minimum absolute atomic E-state index is 0. The Morgan fingerprint density at radius 3 is 1.11 bits per heavy atom. The van der Waals surface area contributed by atoms with Crippen molar-refractivity contribution in [2.75, 3.05) is 26.2 Å². The molecule has 0 aliphatic carbocycles. The van der Waals surface area contributed by atoms with E-state index in [-0.39, 0.29) is 7.43 Å². The zero-order valence-electron chi connectivity index (χ0n) is 13.4. The maximum atomic E-state index is 2.61. The van der Waals surface area contributed by atoms with E-state index in [1.54, 1.807) is 0 Å². The fourth-order valence-corrected chi connectivity index (χ4v) is 2.26. The standard InChI is InChI=1S/C13H28N2.C2H6.CH4/c1-12(2,3)14-8-7-9-15(11-10-14)13(4,5)6;1-2;/h7-11H2,1-6H3;1-2H3;1H4. The second-order valence-corrected chi connectivity index (χ2v) is 6.67. The molecule has 0 unspecified atom stereocenters. The highest BCUT2D eigenvalue weighted by atomic mass is 15.3. The van der Waals surface area contributed by atoms with Crippen LogP contribution >= 0.6 is 0 Å². The summed E-state index contributed by atoms with van der Waals surface area (Å²) in [6.45, 7) is 22.8. The van der Waals surface area contributed by atoms with Crippen LogP contribution in [0, 0.1) is 0 Å². The van der Waals surface area contributed by atoms with E-state index in [1.807, 2.05) is 13.8 Å². The van der Waals surface area contributed by atoms with Crippen molar-refractivity contribution in [2.45, 2.75) is 80.3 Å². The van der Waals surface area contributed by atoms with Crippen LogP contribution < -0.4 is 0 Å². The minimum atomic E-state index is 0. The van der Waals surface area contributed by atoms with Crippen LogP contribution in [0.25, 0.3) is 0 Å². The summed E-state index contributed by atoms with van der Waals surface area (Å²) < 4.78 is 0. The van der Waals surface area contributed by atoms with E-state index in [2.05, 4.69) is 51.3 Å². The van der Waals surface area contributed by atoms with Gasteiger partial charge in [0.15, 0.2) is 0 Å². The topological polar surface area (TPSA) is 6.48 Å². The van der Waals surface area contributed by atoms with Gasteiger partial charge in [-0.15, -0.1) is 0 Å². The quantitative estimate of drug-likeness (QED) is 0.641. The molecule has 0 radical (unpaired) electrons. The Bertz CT molecular complexity index is 176. The summed E-state index contributed by atoms with van der Waals surface area (Å²) in [5.41, 5.74) is 0.655. The Balaban J connectivity index is 0. The molecule has 1 fully saturated rings. The van der Waals surface area contributed by atoms with Crippen LogP contribution in [0.1, 0.15) is 69.2 Å². The van der Waals surface area contributed by atoms with Crippen molar-refractivity contribution >= 4 is 0 Å². The maximum absolute atomic E-state index is 2.61. The Kier molecular flexibility index (Phi) is 9.18. The van der Waals surface area contributed by atoms with E-state index >= 15 is 0 Å². The molecule has 0 aromatic heterocycles. The Morgan fingerprint density at radius 1 is 0.611 bits per heavy atom. The highest BCUT2D eigenvalue weighted by Gasteiger charge is 2.28. The summed E-state index contributed by atoms with van der Waals surface area (Å²) in [6.07, 6.45) is 1.30. The lowest BCUT2D eigenvalue weighted by molar-refractivity contribution is 0.116. The van der Waals surface area contributed by atoms with Crippen LogP contribution in [-0.2, 0) is 0 Å². The predicted molar refractivity (Wildman–Crippen MR) is 85.3 cm³/mol. The van der Waals surface area contributed by atoms with Crippen molar-refractivity contribution in [2.24, 2.45) is 0 Å². The van der Waals surface area contributed by atoms with E-state index in [0.29, 0.717) is 11.1 Å². The van der Waals surface area contributed by atoms with Crippen molar-refractivity contribution in [3.8, 4) is 0 Å². The molecular formula is C16H38N2. The van der Waals surface area contributed by atoms with Crippen LogP contribution in [0.4, 0.5) is 0 Å². The molecule has 0 saturated carbocycles. The van der Waals surface area contributed by atoms with Gasteiger partial charge in [0, 0.05) is 24.2 Å². The van der Waals surface area contributed by atoms with Crippen molar-refractivity contribution in [3.63, 3.8) is 0 Å². The molecule has 0 spiro atoms. The lowest BCUT2D eigenvalue weighted by Crippen LogP contribution is -2.46. The SMILES string of the molecule is C.CC.CC(C)(C)N1CCCN(C(C)(C)C)CC1. The van der Waals surface area contributed by atoms with Gasteiger partial charge < -0.3 is 0 Å². The number of nitrogens with zero attached hydrogens (tertiary/aromatic N) is 2. The number of hydrogen-bond donors (Lipinski definition) is 0. The summed E-state index contributed by atoms with van der Waals surface area (Å²) in [7, 11) is 0. The van der Waals surface area contributed by atoms with Crippen LogP contribution in [-0.4, -0.2) is 47.1 Å². The Hall–Kier alpha value is -0.0800. The van der Waals surface area contributed by atoms with Gasteiger partial charge in [0.25, 0.3) is 0 Å². The summed E-state index contributed by atoms with van der Waals surface area (Å²) in [4.78, 5) is 5.22. The molecule has 0 N–H and O–H groups in total. The lowest BCUT2D eigenvalue weighted by Gasteiger charge is -2.37. The smallest absolute Gasteiger partial charge is 0.0125 e. The van der Waals surface area contributed by atoms with Gasteiger partial charge in [0.05, 0.1) is 0 Å². The molecular weight excluding hydrogens is 220 g/mol. The highest BCUT2D eigenvalue weighted by Crippen LogP contribution is 2.20. The van der Waals surface area contributed by atoms with Gasteiger partial charge in [-0.2, -0.15) is 0 Å². The average Bonchev–Trinajstić information content (AvgIpc) is 2.43.